The summed E-state index contributed by atoms with van der Waals surface area (Å²) in [6, 6.07) is 53.0. The van der Waals surface area contributed by atoms with Gasteiger partial charge in [0.2, 0.25) is 0 Å². The van der Waals surface area contributed by atoms with Gasteiger partial charge in [0.15, 0.2) is 0 Å². The van der Waals surface area contributed by atoms with Crippen molar-refractivity contribution in [1.82, 2.24) is 0 Å². The molecule has 7 aromatic rings. The third-order valence-corrected chi connectivity index (χ3v) is 13.3. The molecule has 5 heteroatoms. The second-order valence-corrected chi connectivity index (χ2v) is 18.5. The molecule has 2 aliphatic heterocycles. The zero-order chi connectivity index (χ0) is 44.3. The van der Waals surface area contributed by atoms with Crippen LogP contribution in [0, 0.1) is 13.8 Å². The molecule has 10 rings (SSSR count). The summed E-state index contributed by atoms with van der Waals surface area (Å²) in [5, 5.41) is 0. The van der Waals surface area contributed by atoms with Gasteiger partial charge in [-0.25, -0.2) is 0 Å². The van der Waals surface area contributed by atoms with E-state index in [9.17, 15) is 4.79 Å². The van der Waals surface area contributed by atoms with Gasteiger partial charge in [-0.3, -0.25) is 4.79 Å². The lowest BCUT2D eigenvalue weighted by Crippen LogP contribution is -2.53. The van der Waals surface area contributed by atoms with Gasteiger partial charge >= 0.3 is 12.9 Å². The third-order valence-electron chi connectivity index (χ3n) is 13.3. The fraction of sp³-hybridized carbons (Fsp3) is 0.259. The highest BCUT2D eigenvalue weighted by molar-refractivity contribution is 6.83. The Morgan fingerprint density at radius 3 is 1.62 bits per heavy atom. The van der Waals surface area contributed by atoms with Crippen LogP contribution in [0.3, 0.4) is 0 Å². The maximum atomic E-state index is 9.82. The first kappa shape index (κ1) is 42.0. The second kappa shape index (κ2) is 16.4. The number of fused-ring (bicyclic) bond motifs is 12. The van der Waals surface area contributed by atoms with E-state index in [2.05, 4.69) is 205 Å². The molecular formula is C58H58BNO3. The van der Waals surface area contributed by atoms with Crippen LogP contribution in [-0.2, 0) is 14.9 Å². The molecule has 0 saturated heterocycles. The fourth-order valence-electron chi connectivity index (χ4n) is 10.5. The van der Waals surface area contributed by atoms with Crippen LogP contribution in [0.2, 0.25) is 0 Å². The number of hydrogen-bond acceptors (Lipinski definition) is 4. The van der Waals surface area contributed by atoms with Crippen molar-refractivity contribution in [1.29, 1.82) is 0 Å². The first-order valence-electron chi connectivity index (χ1n) is 22.8. The molecule has 2 heterocycles. The number of benzene rings is 7. The van der Waals surface area contributed by atoms with Gasteiger partial charge in [0.25, 0.3) is 0 Å². The summed E-state index contributed by atoms with van der Waals surface area (Å²) < 4.78 is 11.6. The number of carbonyl (C=O) groups is 1. The number of carbonyl (C=O) groups excluding carboxylic acids is 1. The van der Waals surface area contributed by atoms with Crippen molar-refractivity contribution in [3.8, 4) is 28.0 Å². The molecule has 4 nitrogen and oxygen atoms in total. The summed E-state index contributed by atoms with van der Waals surface area (Å²) in [4.78, 5) is 12.4. The van der Waals surface area contributed by atoms with Gasteiger partial charge < -0.3 is 14.3 Å². The quantitative estimate of drug-likeness (QED) is 0.124. The summed E-state index contributed by atoms with van der Waals surface area (Å²) in [7, 11) is 0. The van der Waals surface area contributed by atoms with Gasteiger partial charge in [-0.05, 0) is 135 Å². The molecule has 1 aliphatic carbocycles. The zero-order valence-electron chi connectivity index (χ0n) is 38.5. The minimum absolute atomic E-state index is 0.211. The molecule has 0 amide bonds. The average Bonchev–Trinajstić information content (AvgIpc) is 3.57. The molecule has 0 fully saturated rings. The van der Waals surface area contributed by atoms with E-state index in [1.165, 1.54) is 96.0 Å². The Balaban J connectivity index is 0.000000787. The maximum absolute atomic E-state index is 9.82. The van der Waals surface area contributed by atoms with Crippen LogP contribution >= 0.6 is 0 Å². The van der Waals surface area contributed by atoms with E-state index in [0.717, 1.165) is 17.0 Å². The molecule has 7 aromatic carbocycles. The lowest BCUT2D eigenvalue weighted by Gasteiger charge is -2.45. The molecule has 63 heavy (non-hydrogen) atoms. The van der Waals surface area contributed by atoms with Crippen molar-refractivity contribution < 1.29 is 14.2 Å². The van der Waals surface area contributed by atoms with Crippen LogP contribution in [0.5, 0.6) is 5.75 Å². The molecule has 0 atom stereocenters. The molecule has 316 valence electrons. The van der Waals surface area contributed by atoms with Crippen LogP contribution in [0.25, 0.3) is 22.3 Å². The van der Waals surface area contributed by atoms with Crippen molar-refractivity contribution in [2.24, 2.45) is 0 Å². The van der Waals surface area contributed by atoms with Crippen molar-refractivity contribution in [3.05, 3.63) is 190 Å². The van der Waals surface area contributed by atoms with Crippen molar-refractivity contribution >= 4 is 40.9 Å². The standard InChI is InChI=1S/C54H50BNO.C4H8O2/c1-32(2)37-29-42(33(3)4)53(43(30-37)34(5)6)55-49-24-23-38(31-44(49)41-17-11-14-20-52(41)57-55)56-50-25-21-35(7)27-47(50)54(48-28-36(8)22-26-51(48)56)45-18-12-9-15-39(45)40-16-10-13-19-46(40)54;1-3-6-4(2)5/h9-34H,1-8H3;3H2,1-2H3. The molecule has 0 N–H and O–H groups in total. The lowest BCUT2D eigenvalue weighted by atomic mass is 9.49. The molecule has 0 radical (unpaired) electrons. The zero-order valence-corrected chi connectivity index (χ0v) is 38.5. The van der Waals surface area contributed by atoms with Crippen molar-refractivity contribution in [3.63, 3.8) is 0 Å². The molecular weight excluding hydrogens is 769 g/mol. The minimum Gasteiger partial charge on any atom is -0.551 e. The summed E-state index contributed by atoms with van der Waals surface area (Å²) in [5.74, 6) is 1.88. The number of rotatable bonds is 6. The first-order valence-corrected chi connectivity index (χ1v) is 22.8. The van der Waals surface area contributed by atoms with E-state index < -0.39 is 5.41 Å². The summed E-state index contributed by atoms with van der Waals surface area (Å²) >= 11 is 0. The van der Waals surface area contributed by atoms with Gasteiger partial charge in [-0.2, -0.15) is 0 Å². The lowest BCUT2D eigenvalue weighted by molar-refractivity contribution is -0.140. The summed E-state index contributed by atoms with van der Waals surface area (Å²) in [6.45, 7) is 21.8. The van der Waals surface area contributed by atoms with Gasteiger partial charge in [0, 0.05) is 18.2 Å². The third kappa shape index (κ3) is 6.88. The Bertz CT molecular complexity index is 2780. The monoisotopic (exact) mass is 827 g/mol. The number of anilines is 3. The van der Waals surface area contributed by atoms with Crippen LogP contribution in [0.15, 0.2) is 140 Å². The van der Waals surface area contributed by atoms with Gasteiger partial charge in [-0.15, -0.1) is 0 Å². The largest absolute Gasteiger partial charge is 0.551 e. The highest BCUT2D eigenvalue weighted by Gasteiger charge is 2.52. The Labute approximate surface area is 375 Å². The molecule has 0 aromatic heterocycles. The second-order valence-electron chi connectivity index (χ2n) is 18.5. The topological polar surface area (TPSA) is 38.8 Å². The fourth-order valence-corrected chi connectivity index (χ4v) is 10.5. The average molecular weight is 828 g/mol. The highest BCUT2D eigenvalue weighted by atomic mass is 16.5. The number of hydrogen-bond donors (Lipinski definition) is 0. The van der Waals surface area contributed by atoms with Gasteiger partial charge in [0.1, 0.15) is 5.75 Å². The Morgan fingerprint density at radius 2 is 1.13 bits per heavy atom. The van der Waals surface area contributed by atoms with Crippen molar-refractivity contribution in [2.75, 3.05) is 11.5 Å². The molecule has 0 unspecified atom stereocenters. The smallest absolute Gasteiger partial charge is 0.427 e. The Morgan fingerprint density at radius 1 is 0.603 bits per heavy atom. The van der Waals surface area contributed by atoms with Crippen LogP contribution in [0.1, 0.15) is 123 Å². The predicted octanol–water partition coefficient (Wildman–Crippen LogP) is 13.6. The van der Waals surface area contributed by atoms with Crippen LogP contribution in [0.4, 0.5) is 17.1 Å². The predicted molar refractivity (Wildman–Crippen MR) is 264 cm³/mol. The van der Waals surface area contributed by atoms with Gasteiger partial charge in [-0.1, -0.05) is 162 Å². The number of aryl methyl sites for hydroxylation is 2. The van der Waals surface area contributed by atoms with E-state index in [1.54, 1.807) is 6.92 Å². The summed E-state index contributed by atoms with van der Waals surface area (Å²) in [6.07, 6.45) is 0. The number of nitrogens with zero attached hydrogens (tertiary/aromatic N) is 1. The van der Waals surface area contributed by atoms with E-state index in [0.29, 0.717) is 24.4 Å². The van der Waals surface area contributed by atoms with Crippen LogP contribution in [-0.4, -0.2) is 19.5 Å². The van der Waals surface area contributed by atoms with Crippen molar-refractivity contribution in [2.45, 2.75) is 92.4 Å². The number of ether oxygens (including phenoxy) is 1. The minimum atomic E-state index is -0.450. The van der Waals surface area contributed by atoms with E-state index in [1.807, 2.05) is 0 Å². The molecule has 1 spiro atoms. The SMILES string of the molecule is CCOC(C)=O.Cc1ccc2c(c1)C1(c3ccccc3-c3ccccc31)c1cc(C)ccc1N2c1ccc2c(c1)-c1ccccc1OB2c1c(C(C)C)cc(C(C)C)cc1C(C)C. The van der Waals surface area contributed by atoms with E-state index in [4.69, 9.17) is 4.65 Å². The number of esters is 1. The van der Waals surface area contributed by atoms with E-state index >= 15 is 0 Å². The Kier molecular flexibility index (Phi) is 10.9. The Hall–Kier alpha value is -6.33. The maximum Gasteiger partial charge on any atom is 0.427 e. The molecule has 0 bridgehead atoms. The summed E-state index contributed by atoms with van der Waals surface area (Å²) in [5.41, 5.74) is 22.7. The molecule has 0 saturated carbocycles. The van der Waals surface area contributed by atoms with Crippen LogP contribution < -0.4 is 20.5 Å². The van der Waals surface area contributed by atoms with Gasteiger partial charge in [0.05, 0.1) is 23.4 Å². The molecule has 3 aliphatic rings. The first-order chi connectivity index (χ1) is 30.3. The highest BCUT2D eigenvalue weighted by Crippen LogP contribution is 2.63. The number of para-hydroxylation sites is 1. The van der Waals surface area contributed by atoms with E-state index in [-0.39, 0.29) is 12.9 Å². The normalized spacial score (nSPS) is 13.7.